The number of nitrogens with two attached hydrogens (primary N) is 1. The van der Waals surface area contributed by atoms with E-state index in [1.165, 1.54) is 0 Å². The summed E-state index contributed by atoms with van der Waals surface area (Å²) in [5, 5.41) is 0. The zero-order valence-corrected chi connectivity index (χ0v) is 11.3. The minimum Gasteiger partial charge on any atom is -0.465 e. The Morgan fingerprint density at radius 1 is 1.44 bits per heavy atom. The maximum Gasteiger partial charge on any atom is 0.323 e. The second-order valence-corrected chi connectivity index (χ2v) is 4.43. The monoisotopic (exact) mass is 246 g/mol. The molecule has 0 aliphatic carbocycles. The SMILES string of the molecule is CCOC(=O)C(CC)N(CC(N)=S)C(C)C. The largest absolute Gasteiger partial charge is 0.465 e. The number of hydrogen-bond acceptors (Lipinski definition) is 4. The normalized spacial score (nSPS) is 12.9. The molecular formula is C11H22N2O2S. The van der Waals surface area contributed by atoms with Crippen LogP contribution < -0.4 is 5.73 Å². The summed E-state index contributed by atoms with van der Waals surface area (Å²) in [6.07, 6.45) is 0.694. The molecule has 16 heavy (non-hydrogen) atoms. The summed E-state index contributed by atoms with van der Waals surface area (Å²) in [5.41, 5.74) is 5.54. The van der Waals surface area contributed by atoms with E-state index in [1.807, 2.05) is 25.7 Å². The van der Waals surface area contributed by atoms with E-state index in [0.29, 0.717) is 24.6 Å². The van der Waals surface area contributed by atoms with Gasteiger partial charge in [0.25, 0.3) is 0 Å². The lowest BCUT2D eigenvalue weighted by molar-refractivity contribution is -0.150. The van der Waals surface area contributed by atoms with Crippen molar-refractivity contribution in [3.05, 3.63) is 0 Å². The number of hydrogen-bond donors (Lipinski definition) is 1. The van der Waals surface area contributed by atoms with Crippen molar-refractivity contribution in [1.82, 2.24) is 4.90 Å². The fourth-order valence-electron chi connectivity index (χ4n) is 1.61. The Kier molecular flexibility index (Phi) is 7.25. The van der Waals surface area contributed by atoms with Crippen molar-refractivity contribution in [1.29, 1.82) is 0 Å². The molecule has 0 spiro atoms. The molecule has 0 saturated carbocycles. The lowest BCUT2D eigenvalue weighted by atomic mass is 10.1. The summed E-state index contributed by atoms with van der Waals surface area (Å²) < 4.78 is 5.04. The van der Waals surface area contributed by atoms with E-state index in [9.17, 15) is 4.79 Å². The Bertz CT molecular complexity index is 244. The van der Waals surface area contributed by atoms with Crippen molar-refractivity contribution in [3.8, 4) is 0 Å². The van der Waals surface area contributed by atoms with Crippen molar-refractivity contribution in [2.75, 3.05) is 13.2 Å². The molecule has 4 nitrogen and oxygen atoms in total. The summed E-state index contributed by atoms with van der Waals surface area (Å²) in [5.74, 6) is -0.199. The van der Waals surface area contributed by atoms with Crippen LogP contribution in [0.5, 0.6) is 0 Å². The van der Waals surface area contributed by atoms with Crippen LogP contribution in [0, 0.1) is 0 Å². The number of carbonyl (C=O) groups excluding carboxylic acids is 1. The van der Waals surface area contributed by atoms with Crippen LogP contribution in [0.4, 0.5) is 0 Å². The molecule has 0 aliphatic heterocycles. The van der Waals surface area contributed by atoms with E-state index in [4.69, 9.17) is 22.7 Å². The molecule has 1 unspecified atom stereocenters. The van der Waals surface area contributed by atoms with Crippen LogP contribution in [-0.2, 0) is 9.53 Å². The molecule has 0 aromatic rings. The first kappa shape index (κ1) is 15.3. The van der Waals surface area contributed by atoms with Gasteiger partial charge in [-0.05, 0) is 27.2 Å². The van der Waals surface area contributed by atoms with Crippen molar-refractivity contribution >= 4 is 23.2 Å². The number of carbonyl (C=O) groups is 1. The number of rotatable bonds is 7. The molecular weight excluding hydrogens is 224 g/mol. The lowest BCUT2D eigenvalue weighted by Crippen LogP contribution is -2.49. The Morgan fingerprint density at radius 3 is 2.31 bits per heavy atom. The second-order valence-electron chi connectivity index (χ2n) is 3.91. The molecule has 0 rings (SSSR count). The highest BCUT2D eigenvalue weighted by atomic mass is 32.1. The van der Waals surface area contributed by atoms with Gasteiger partial charge in [0.05, 0.1) is 11.6 Å². The van der Waals surface area contributed by atoms with E-state index in [0.717, 1.165) is 0 Å². The predicted octanol–water partition coefficient (Wildman–Crippen LogP) is 1.32. The number of ether oxygens (including phenoxy) is 1. The van der Waals surface area contributed by atoms with Crippen molar-refractivity contribution in [2.24, 2.45) is 5.73 Å². The Balaban J connectivity index is 4.70. The van der Waals surface area contributed by atoms with E-state index >= 15 is 0 Å². The average molecular weight is 246 g/mol. The van der Waals surface area contributed by atoms with Gasteiger partial charge in [-0.2, -0.15) is 0 Å². The quantitative estimate of drug-likeness (QED) is 0.542. The highest BCUT2D eigenvalue weighted by Crippen LogP contribution is 2.10. The van der Waals surface area contributed by atoms with Gasteiger partial charge < -0.3 is 10.5 Å². The first-order chi connectivity index (χ1) is 7.43. The molecule has 0 bridgehead atoms. The van der Waals surface area contributed by atoms with Gasteiger partial charge in [0.15, 0.2) is 0 Å². The van der Waals surface area contributed by atoms with Gasteiger partial charge in [0.1, 0.15) is 6.04 Å². The first-order valence-electron chi connectivity index (χ1n) is 5.64. The summed E-state index contributed by atoms with van der Waals surface area (Å²) >= 11 is 4.89. The number of nitrogens with zero attached hydrogens (tertiary/aromatic N) is 1. The molecule has 5 heteroatoms. The van der Waals surface area contributed by atoms with Crippen molar-refractivity contribution in [3.63, 3.8) is 0 Å². The molecule has 0 aliphatic rings. The predicted molar refractivity (Wildman–Crippen MR) is 69.3 cm³/mol. The van der Waals surface area contributed by atoms with Gasteiger partial charge in [-0.25, -0.2) is 0 Å². The molecule has 2 N–H and O–H groups in total. The molecule has 94 valence electrons. The van der Waals surface area contributed by atoms with Crippen LogP contribution >= 0.6 is 12.2 Å². The Hall–Kier alpha value is -0.680. The zero-order chi connectivity index (χ0) is 12.7. The molecule has 0 aromatic heterocycles. The van der Waals surface area contributed by atoms with Gasteiger partial charge in [0.2, 0.25) is 0 Å². The standard InChI is InChI=1S/C11H22N2O2S/c1-5-9(11(14)15-6-2)13(8(3)4)7-10(12)16/h8-9H,5-7H2,1-4H3,(H2,12,16). The third-order valence-electron chi connectivity index (χ3n) is 2.35. The van der Waals surface area contributed by atoms with Crippen LogP contribution in [0.1, 0.15) is 34.1 Å². The molecule has 0 aromatic carbocycles. The summed E-state index contributed by atoms with van der Waals surface area (Å²) in [7, 11) is 0. The maximum atomic E-state index is 11.8. The second kappa shape index (κ2) is 7.57. The molecule has 0 radical (unpaired) electrons. The molecule has 0 fully saturated rings. The zero-order valence-electron chi connectivity index (χ0n) is 10.5. The van der Waals surface area contributed by atoms with Gasteiger partial charge in [-0.15, -0.1) is 0 Å². The van der Waals surface area contributed by atoms with Crippen molar-refractivity contribution < 1.29 is 9.53 Å². The van der Waals surface area contributed by atoms with Gasteiger partial charge in [0, 0.05) is 12.6 Å². The summed E-state index contributed by atoms with van der Waals surface area (Å²) in [6.45, 7) is 8.63. The number of thiocarbonyl (C=S) groups is 1. The minimum atomic E-state index is -0.263. The van der Waals surface area contributed by atoms with Crippen LogP contribution in [0.25, 0.3) is 0 Å². The minimum absolute atomic E-state index is 0.199. The fourth-order valence-corrected chi connectivity index (χ4v) is 1.76. The van der Waals surface area contributed by atoms with E-state index in [2.05, 4.69) is 0 Å². The van der Waals surface area contributed by atoms with E-state index in [-0.39, 0.29) is 18.1 Å². The van der Waals surface area contributed by atoms with E-state index in [1.54, 1.807) is 6.92 Å². The van der Waals surface area contributed by atoms with Crippen LogP contribution in [-0.4, -0.2) is 41.1 Å². The fraction of sp³-hybridized carbons (Fsp3) is 0.818. The third-order valence-corrected chi connectivity index (χ3v) is 2.48. The summed E-state index contributed by atoms with van der Waals surface area (Å²) in [6, 6.07) is -0.0580. The van der Waals surface area contributed by atoms with Crippen molar-refractivity contribution in [2.45, 2.75) is 46.2 Å². The molecule has 1 atom stereocenters. The van der Waals surface area contributed by atoms with Crippen LogP contribution in [0.3, 0.4) is 0 Å². The highest BCUT2D eigenvalue weighted by Gasteiger charge is 2.27. The van der Waals surface area contributed by atoms with Gasteiger partial charge >= 0.3 is 5.97 Å². The van der Waals surface area contributed by atoms with Crippen LogP contribution in [0.2, 0.25) is 0 Å². The Labute approximate surface area is 103 Å². The molecule has 0 saturated heterocycles. The van der Waals surface area contributed by atoms with Crippen LogP contribution in [0.15, 0.2) is 0 Å². The van der Waals surface area contributed by atoms with Gasteiger partial charge in [-0.3, -0.25) is 9.69 Å². The average Bonchev–Trinajstić information content (AvgIpc) is 2.17. The smallest absolute Gasteiger partial charge is 0.323 e. The first-order valence-corrected chi connectivity index (χ1v) is 6.05. The molecule has 0 heterocycles. The van der Waals surface area contributed by atoms with Gasteiger partial charge in [-0.1, -0.05) is 19.1 Å². The Morgan fingerprint density at radius 2 is 2.00 bits per heavy atom. The number of esters is 1. The summed E-state index contributed by atoms with van der Waals surface area (Å²) in [4.78, 5) is 14.1. The maximum absolute atomic E-state index is 11.8. The highest BCUT2D eigenvalue weighted by molar-refractivity contribution is 7.80. The third kappa shape index (κ3) is 4.90. The lowest BCUT2D eigenvalue weighted by Gasteiger charge is -2.32. The van der Waals surface area contributed by atoms with E-state index < -0.39 is 0 Å². The molecule has 0 amide bonds. The topological polar surface area (TPSA) is 55.6 Å².